The summed E-state index contributed by atoms with van der Waals surface area (Å²) in [6, 6.07) is 0. The Labute approximate surface area is 122 Å². The number of likely N-dealkylation sites (tertiary alicyclic amines) is 1. The predicted molar refractivity (Wildman–Crippen MR) is 77.7 cm³/mol. The Morgan fingerprint density at radius 2 is 2.10 bits per heavy atom. The maximum Gasteiger partial charge on any atom is 0.306 e. The van der Waals surface area contributed by atoms with E-state index in [9.17, 15) is 4.79 Å². The molecule has 116 valence electrons. The summed E-state index contributed by atoms with van der Waals surface area (Å²) in [5.41, 5.74) is 0. The zero-order valence-electron chi connectivity index (χ0n) is 12.7. The average Bonchev–Trinajstić information content (AvgIpc) is 3.14. The highest BCUT2D eigenvalue weighted by Gasteiger charge is 2.21. The third-order valence-electron chi connectivity index (χ3n) is 4.28. The molecule has 2 aliphatic heterocycles. The summed E-state index contributed by atoms with van der Waals surface area (Å²) in [4.78, 5) is 16.2. The van der Waals surface area contributed by atoms with E-state index in [4.69, 9.17) is 9.47 Å². The Bertz CT molecular complexity index is 287. The fourth-order valence-corrected chi connectivity index (χ4v) is 3.01. The number of ether oxygens (including phenoxy) is 2. The lowest BCUT2D eigenvalue weighted by atomic mass is 10.2. The van der Waals surface area contributed by atoms with Gasteiger partial charge >= 0.3 is 5.97 Å². The van der Waals surface area contributed by atoms with Crippen molar-refractivity contribution < 1.29 is 14.3 Å². The monoisotopic (exact) mass is 284 g/mol. The SMILES string of the molecule is COC(=O)CCN(CCN1CCCC1)CC1CCCO1. The topological polar surface area (TPSA) is 42.0 Å². The van der Waals surface area contributed by atoms with Gasteiger partial charge in [-0.2, -0.15) is 0 Å². The molecule has 0 spiro atoms. The lowest BCUT2D eigenvalue weighted by Crippen LogP contribution is -2.39. The van der Waals surface area contributed by atoms with Crippen LogP contribution in [0.4, 0.5) is 0 Å². The second-order valence-corrected chi connectivity index (χ2v) is 5.81. The van der Waals surface area contributed by atoms with Crippen LogP contribution in [0.1, 0.15) is 32.1 Å². The number of rotatable bonds is 8. The molecule has 5 nitrogen and oxygen atoms in total. The molecular formula is C15H28N2O3. The molecule has 0 amide bonds. The Balaban J connectivity index is 1.73. The molecule has 1 unspecified atom stereocenters. The molecule has 0 aliphatic carbocycles. The molecular weight excluding hydrogens is 256 g/mol. The van der Waals surface area contributed by atoms with E-state index in [2.05, 4.69) is 9.80 Å². The summed E-state index contributed by atoms with van der Waals surface area (Å²) in [7, 11) is 1.46. The summed E-state index contributed by atoms with van der Waals surface area (Å²) in [6.45, 7) is 7.20. The minimum atomic E-state index is -0.122. The van der Waals surface area contributed by atoms with Gasteiger partial charge in [0.1, 0.15) is 0 Å². The Morgan fingerprint density at radius 1 is 1.30 bits per heavy atom. The van der Waals surface area contributed by atoms with E-state index in [1.165, 1.54) is 39.5 Å². The van der Waals surface area contributed by atoms with Gasteiger partial charge in [0.05, 0.1) is 19.6 Å². The standard InChI is InChI=1S/C15H28N2O3/c1-19-15(18)6-9-17(13-14-5-4-12-20-14)11-10-16-7-2-3-8-16/h14H,2-13H2,1H3. The van der Waals surface area contributed by atoms with Crippen molar-refractivity contribution in [2.75, 3.05) is 53.0 Å². The molecule has 1 atom stereocenters. The summed E-state index contributed by atoms with van der Waals surface area (Å²) in [5.74, 6) is -0.122. The summed E-state index contributed by atoms with van der Waals surface area (Å²) in [5, 5.41) is 0. The number of nitrogens with zero attached hydrogens (tertiary/aromatic N) is 2. The molecule has 0 aromatic carbocycles. The number of esters is 1. The molecule has 5 heteroatoms. The van der Waals surface area contributed by atoms with Gasteiger partial charge in [-0.3, -0.25) is 9.69 Å². The zero-order valence-corrected chi connectivity index (χ0v) is 12.7. The Hall–Kier alpha value is -0.650. The van der Waals surface area contributed by atoms with Crippen molar-refractivity contribution in [3.05, 3.63) is 0 Å². The van der Waals surface area contributed by atoms with Gasteiger partial charge < -0.3 is 14.4 Å². The van der Waals surface area contributed by atoms with Gasteiger partial charge in [-0.25, -0.2) is 0 Å². The van der Waals surface area contributed by atoms with Crippen molar-refractivity contribution in [3.63, 3.8) is 0 Å². The van der Waals surface area contributed by atoms with Crippen LogP contribution in [0.3, 0.4) is 0 Å². The van der Waals surface area contributed by atoms with Crippen LogP contribution in [-0.2, 0) is 14.3 Å². The first kappa shape index (κ1) is 15.7. The first-order valence-corrected chi connectivity index (χ1v) is 7.91. The molecule has 0 bridgehead atoms. The Kier molecular flexibility index (Phi) is 6.76. The van der Waals surface area contributed by atoms with Gasteiger partial charge in [-0.15, -0.1) is 0 Å². The van der Waals surface area contributed by atoms with Gasteiger partial charge in [0.15, 0.2) is 0 Å². The third kappa shape index (κ3) is 5.38. The van der Waals surface area contributed by atoms with Crippen LogP contribution in [0.15, 0.2) is 0 Å². The van der Waals surface area contributed by atoms with Crippen LogP contribution < -0.4 is 0 Å². The molecule has 0 radical (unpaired) electrons. The van der Waals surface area contributed by atoms with Crippen LogP contribution in [-0.4, -0.2) is 74.9 Å². The van der Waals surface area contributed by atoms with Crippen molar-refractivity contribution in [3.8, 4) is 0 Å². The van der Waals surface area contributed by atoms with Crippen LogP contribution in [0.5, 0.6) is 0 Å². The molecule has 20 heavy (non-hydrogen) atoms. The summed E-state index contributed by atoms with van der Waals surface area (Å²) >= 11 is 0. The highest BCUT2D eigenvalue weighted by molar-refractivity contribution is 5.69. The average molecular weight is 284 g/mol. The number of hydrogen-bond acceptors (Lipinski definition) is 5. The van der Waals surface area contributed by atoms with Crippen molar-refractivity contribution in [2.45, 2.75) is 38.2 Å². The van der Waals surface area contributed by atoms with Crippen LogP contribution in [0.25, 0.3) is 0 Å². The van der Waals surface area contributed by atoms with E-state index in [-0.39, 0.29) is 5.97 Å². The molecule has 2 heterocycles. The van der Waals surface area contributed by atoms with E-state index in [0.717, 1.165) is 39.2 Å². The fourth-order valence-electron chi connectivity index (χ4n) is 3.01. The number of carbonyl (C=O) groups is 1. The molecule has 2 saturated heterocycles. The second kappa shape index (κ2) is 8.60. The van der Waals surface area contributed by atoms with Gasteiger partial charge in [0.25, 0.3) is 0 Å². The van der Waals surface area contributed by atoms with E-state index < -0.39 is 0 Å². The lowest BCUT2D eigenvalue weighted by Gasteiger charge is -2.27. The van der Waals surface area contributed by atoms with Crippen molar-refractivity contribution >= 4 is 5.97 Å². The first-order chi connectivity index (χ1) is 9.78. The molecule has 0 saturated carbocycles. The van der Waals surface area contributed by atoms with Gasteiger partial charge in [-0.1, -0.05) is 0 Å². The van der Waals surface area contributed by atoms with E-state index in [0.29, 0.717) is 12.5 Å². The highest BCUT2D eigenvalue weighted by atomic mass is 16.5. The van der Waals surface area contributed by atoms with Gasteiger partial charge in [0, 0.05) is 32.8 Å². The highest BCUT2D eigenvalue weighted by Crippen LogP contribution is 2.14. The van der Waals surface area contributed by atoms with Crippen molar-refractivity contribution in [2.24, 2.45) is 0 Å². The zero-order chi connectivity index (χ0) is 14.2. The van der Waals surface area contributed by atoms with Gasteiger partial charge in [0.2, 0.25) is 0 Å². The largest absolute Gasteiger partial charge is 0.469 e. The van der Waals surface area contributed by atoms with Crippen molar-refractivity contribution in [1.82, 2.24) is 9.80 Å². The maximum absolute atomic E-state index is 11.3. The molecule has 2 fully saturated rings. The molecule has 2 rings (SSSR count). The lowest BCUT2D eigenvalue weighted by molar-refractivity contribution is -0.141. The van der Waals surface area contributed by atoms with E-state index >= 15 is 0 Å². The minimum Gasteiger partial charge on any atom is -0.469 e. The fraction of sp³-hybridized carbons (Fsp3) is 0.933. The quantitative estimate of drug-likeness (QED) is 0.625. The summed E-state index contributed by atoms with van der Waals surface area (Å²) < 4.78 is 10.5. The first-order valence-electron chi connectivity index (χ1n) is 7.91. The molecule has 0 aromatic heterocycles. The molecule has 0 N–H and O–H groups in total. The number of methoxy groups -OCH3 is 1. The summed E-state index contributed by atoms with van der Waals surface area (Å²) in [6.07, 6.45) is 5.80. The maximum atomic E-state index is 11.3. The number of hydrogen-bond donors (Lipinski definition) is 0. The molecule has 2 aliphatic rings. The third-order valence-corrected chi connectivity index (χ3v) is 4.28. The van der Waals surface area contributed by atoms with Crippen LogP contribution in [0.2, 0.25) is 0 Å². The van der Waals surface area contributed by atoms with Crippen LogP contribution in [0, 0.1) is 0 Å². The smallest absolute Gasteiger partial charge is 0.306 e. The van der Waals surface area contributed by atoms with E-state index in [1.807, 2.05) is 0 Å². The minimum absolute atomic E-state index is 0.122. The van der Waals surface area contributed by atoms with Crippen LogP contribution >= 0.6 is 0 Å². The van der Waals surface area contributed by atoms with Gasteiger partial charge in [-0.05, 0) is 38.8 Å². The second-order valence-electron chi connectivity index (χ2n) is 5.81. The normalized spacial score (nSPS) is 23.6. The van der Waals surface area contributed by atoms with E-state index in [1.54, 1.807) is 0 Å². The number of carbonyl (C=O) groups excluding carboxylic acids is 1. The predicted octanol–water partition coefficient (Wildman–Crippen LogP) is 1.13. The molecule has 0 aromatic rings. The van der Waals surface area contributed by atoms with Crippen molar-refractivity contribution in [1.29, 1.82) is 0 Å². The Morgan fingerprint density at radius 3 is 2.75 bits per heavy atom.